The van der Waals surface area contributed by atoms with Gasteiger partial charge in [0.1, 0.15) is 5.75 Å². The summed E-state index contributed by atoms with van der Waals surface area (Å²) in [5.74, 6) is 1.49. The summed E-state index contributed by atoms with van der Waals surface area (Å²) in [5, 5.41) is 0. The number of ether oxygens (including phenoxy) is 1. The molecule has 0 amide bonds. The summed E-state index contributed by atoms with van der Waals surface area (Å²) in [6.45, 7) is 5.82. The normalized spacial score (nSPS) is 15.1. The molecule has 1 aliphatic heterocycles. The van der Waals surface area contributed by atoms with Gasteiger partial charge in [0.25, 0.3) is 0 Å². The Bertz CT molecular complexity index is 674. The van der Waals surface area contributed by atoms with Gasteiger partial charge in [-0.1, -0.05) is 19.9 Å². The zero-order valence-electron chi connectivity index (χ0n) is 11.2. The lowest BCUT2D eigenvalue weighted by Gasteiger charge is -2.33. The molecule has 2 aromatic rings. The number of benzene rings is 1. The van der Waals surface area contributed by atoms with Crippen molar-refractivity contribution in [2.75, 3.05) is 0 Å². The number of nitrogens with zero attached hydrogens (tertiary/aromatic N) is 1. The van der Waals surface area contributed by atoms with Crippen molar-refractivity contribution < 1.29 is 9.53 Å². The van der Waals surface area contributed by atoms with Gasteiger partial charge < -0.3 is 4.74 Å². The van der Waals surface area contributed by atoms with Gasteiger partial charge in [0, 0.05) is 28.3 Å². The summed E-state index contributed by atoms with van der Waals surface area (Å²) in [4.78, 5) is 15.8. The lowest BCUT2D eigenvalue weighted by molar-refractivity contribution is 0.101. The van der Waals surface area contributed by atoms with Crippen LogP contribution < -0.4 is 4.74 Å². The topological polar surface area (TPSA) is 39.2 Å². The number of Topliss-reactive ketones (excluding diaryl/α,β-unsaturated/α-hetero) is 1. The second kappa shape index (κ2) is 3.92. The molecule has 0 saturated carbocycles. The molecule has 0 aliphatic carbocycles. The van der Waals surface area contributed by atoms with Crippen molar-refractivity contribution >= 4 is 5.78 Å². The third-order valence-electron chi connectivity index (χ3n) is 3.71. The van der Waals surface area contributed by atoms with E-state index < -0.39 is 0 Å². The molecule has 0 spiro atoms. The van der Waals surface area contributed by atoms with Gasteiger partial charge in [0.15, 0.2) is 5.78 Å². The number of carbonyl (C=O) groups is 1. The number of rotatable bonds is 1. The van der Waals surface area contributed by atoms with E-state index in [0.29, 0.717) is 11.4 Å². The lowest BCUT2D eigenvalue weighted by atomic mass is 9.76. The Morgan fingerprint density at radius 2 is 2.00 bits per heavy atom. The third-order valence-corrected chi connectivity index (χ3v) is 3.71. The monoisotopic (exact) mass is 253 g/mol. The van der Waals surface area contributed by atoms with E-state index in [-0.39, 0.29) is 11.2 Å². The van der Waals surface area contributed by atoms with Crippen LogP contribution in [0.15, 0.2) is 36.5 Å². The summed E-state index contributed by atoms with van der Waals surface area (Å²) in [6.07, 6.45) is 1.73. The fraction of sp³-hybridized carbons (Fsp3) is 0.250. The van der Waals surface area contributed by atoms with E-state index in [1.54, 1.807) is 19.2 Å². The molecule has 1 aromatic heterocycles. The molecule has 96 valence electrons. The fourth-order valence-corrected chi connectivity index (χ4v) is 2.52. The van der Waals surface area contributed by atoms with E-state index in [9.17, 15) is 4.79 Å². The van der Waals surface area contributed by atoms with Crippen LogP contribution in [0.3, 0.4) is 0 Å². The maximum atomic E-state index is 11.5. The summed E-state index contributed by atoms with van der Waals surface area (Å²) in [7, 11) is 0. The van der Waals surface area contributed by atoms with Crippen LogP contribution in [0.4, 0.5) is 0 Å². The molecule has 3 nitrogen and oxygen atoms in total. The number of ketones is 1. The van der Waals surface area contributed by atoms with Crippen LogP contribution in [-0.4, -0.2) is 10.8 Å². The molecule has 3 rings (SSSR count). The molecule has 1 aliphatic rings. The van der Waals surface area contributed by atoms with Gasteiger partial charge in [-0.3, -0.25) is 4.79 Å². The fourth-order valence-electron chi connectivity index (χ4n) is 2.52. The van der Waals surface area contributed by atoms with Crippen molar-refractivity contribution in [2.45, 2.75) is 26.2 Å². The molecule has 0 saturated heterocycles. The van der Waals surface area contributed by atoms with Gasteiger partial charge in [-0.2, -0.15) is 0 Å². The first-order valence-electron chi connectivity index (χ1n) is 6.29. The maximum absolute atomic E-state index is 11.5. The Kier molecular flexibility index (Phi) is 2.45. The Morgan fingerprint density at radius 1 is 1.21 bits per heavy atom. The minimum Gasteiger partial charge on any atom is -0.438 e. The molecule has 0 atom stereocenters. The highest BCUT2D eigenvalue weighted by atomic mass is 16.5. The van der Waals surface area contributed by atoms with E-state index in [1.807, 2.05) is 24.3 Å². The number of pyridine rings is 1. The van der Waals surface area contributed by atoms with E-state index >= 15 is 0 Å². The molecular weight excluding hydrogens is 238 g/mol. The van der Waals surface area contributed by atoms with Crippen LogP contribution in [0.5, 0.6) is 11.6 Å². The highest BCUT2D eigenvalue weighted by Gasteiger charge is 2.35. The van der Waals surface area contributed by atoms with Crippen molar-refractivity contribution in [1.29, 1.82) is 0 Å². The molecule has 0 bridgehead atoms. The van der Waals surface area contributed by atoms with E-state index in [1.165, 1.54) is 0 Å². The first-order chi connectivity index (χ1) is 9.00. The summed E-state index contributed by atoms with van der Waals surface area (Å²) in [5.41, 5.74) is 2.56. The minimum absolute atomic E-state index is 0.0654. The number of carbonyl (C=O) groups excluding carboxylic acids is 1. The number of aromatic nitrogens is 1. The van der Waals surface area contributed by atoms with Gasteiger partial charge >= 0.3 is 0 Å². The first kappa shape index (κ1) is 11.9. The van der Waals surface area contributed by atoms with Gasteiger partial charge in [0.2, 0.25) is 5.88 Å². The first-order valence-corrected chi connectivity index (χ1v) is 6.29. The predicted octanol–water partition coefficient (Wildman–Crippen LogP) is 3.72. The molecule has 0 unspecified atom stereocenters. The molecule has 3 heteroatoms. The Balaban J connectivity index is 2.23. The number of fused-ring (bicyclic) bond motifs is 2. The van der Waals surface area contributed by atoms with Crippen LogP contribution in [-0.2, 0) is 5.41 Å². The molecule has 19 heavy (non-hydrogen) atoms. The Morgan fingerprint density at radius 3 is 2.74 bits per heavy atom. The quantitative estimate of drug-likeness (QED) is 0.727. The van der Waals surface area contributed by atoms with Crippen molar-refractivity contribution in [3.05, 3.63) is 53.2 Å². The van der Waals surface area contributed by atoms with E-state index in [0.717, 1.165) is 16.9 Å². The molecule has 1 aromatic carbocycles. The Hall–Kier alpha value is -2.16. The van der Waals surface area contributed by atoms with Crippen molar-refractivity contribution in [1.82, 2.24) is 4.98 Å². The Labute approximate surface area is 112 Å². The molecule has 0 radical (unpaired) electrons. The summed E-state index contributed by atoms with van der Waals surface area (Å²) >= 11 is 0. The van der Waals surface area contributed by atoms with Crippen LogP contribution in [0.1, 0.15) is 42.3 Å². The molecule has 0 N–H and O–H groups in total. The highest BCUT2D eigenvalue weighted by Crippen LogP contribution is 2.46. The average Bonchev–Trinajstić information content (AvgIpc) is 2.38. The van der Waals surface area contributed by atoms with E-state index in [2.05, 4.69) is 18.8 Å². The van der Waals surface area contributed by atoms with Gasteiger partial charge in [-0.05, 0) is 31.2 Å². The van der Waals surface area contributed by atoms with Crippen LogP contribution in [0.25, 0.3) is 0 Å². The third kappa shape index (κ3) is 1.73. The lowest BCUT2D eigenvalue weighted by Crippen LogP contribution is -2.25. The minimum atomic E-state index is -0.220. The maximum Gasteiger partial charge on any atom is 0.223 e. The SMILES string of the molecule is CC(=O)c1ccc2c(c1)C(C)(C)c1cccnc1O2. The van der Waals surface area contributed by atoms with Gasteiger partial charge in [-0.15, -0.1) is 0 Å². The van der Waals surface area contributed by atoms with Crippen molar-refractivity contribution in [3.8, 4) is 11.6 Å². The smallest absolute Gasteiger partial charge is 0.223 e. The second-order valence-electron chi connectivity index (χ2n) is 5.35. The van der Waals surface area contributed by atoms with Crippen molar-refractivity contribution in [3.63, 3.8) is 0 Å². The summed E-state index contributed by atoms with van der Waals surface area (Å²) in [6, 6.07) is 9.50. The largest absolute Gasteiger partial charge is 0.438 e. The standard InChI is InChI=1S/C16H15NO2/c1-10(18)11-6-7-14-13(9-11)16(2,3)12-5-4-8-17-15(12)19-14/h4-9H,1-3H3. The van der Waals surface area contributed by atoms with Crippen molar-refractivity contribution in [2.24, 2.45) is 0 Å². The zero-order valence-corrected chi connectivity index (χ0v) is 11.2. The molecular formula is C16H15NO2. The van der Waals surface area contributed by atoms with Crippen LogP contribution in [0, 0.1) is 0 Å². The number of hydrogen-bond donors (Lipinski definition) is 0. The molecule has 2 heterocycles. The predicted molar refractivity (Wildman–Crippen MR) is 72.9 cm³/mol. The van der Waals surface area contributed by atoms with E-state index in [4.69, 9.17) is 4.74 Å². The van der Waals surface area contributed by atoms with Crippen LogP contribution in [0.2, 0.25) is 0 Å². The average molecular weight is 253 g/mol. The van der Waals surface area contributed by atoms with Crippen LogP contribution >= 0.6 is 0 Å². The number of hydrogen-bond acceptors (Lipinski definition) is 3. The second-order valence-corrected chi connectivity index (χ2v) is 5.35. The molecule has 0 fully saturated rings. The van der Waals surface area contributed by atoms with Gasteiger partial charge in [0.05, 0.1) is 0 Å². The summed E-state index contributed by atoms with van der Waals surface area (Å²) < 4.78 is 5.83. The highest BCUT2D eigenvalue weighted by molar-refractivity contribution is 5.94. The zero-order chi connectivity index (χ0) is 13.6. The van der Waals surface area contributed by atoms with Gasteiger partial charge in [-0.25, -0.2) is 4.98 Å².